The molecule has 0 radical (unpaired) electrons. The van der Waals surface area contributed by atoms with Gasteiger partial charge < -0.3 is 28.6 Å². The van der Waals surface area contributed by atoms with E-state index >= 15 is 4.39 Å². The normalized spacial score (nSPS) is 15.5. The summed E-state index contributed by atoms with van der Waals surface area (Å²) >= 11 is 1.53. The van der Waals surface area contributed by atoms with Crippen molar-refractivity contribution < 1.29 is 32.9 Å². The van der Waals surface area contributed by atoms with Crippen LogP contribution in [0.4, 0.5) is 4.39 Å². The molecule has 280 valence electrons. The van der Waals surface area contributed by atoms with Gasteiger partial charge in [0.25, 0.3) is 0 Å². The van der Waals surface area contributed by atoms with Crippen molar-refractivity contribution >= 4 is 27.3 Å². The van der Waals surface area contributed by atoms with E-state index in [1.807, 2.05) is 12.3 Å². The van der Waals surface area contributed by atoms with Gasteiger partial charge in [-0.05, 0) is 87.1 Å². The minimum Gasteiger partial charge on any atom is -0.453 e. The lowest BCUT2D eigenvalue weighted by atomic mass is 10.0. The number of ether oxygens (including phenoxy) is 5. The van der Waals surface area contributed by atoms with Gasteiger partial charge in [-0.25, -0.2) is 4.39 Å². The molecular formula is C40H51FN4O6S. The molecule has 1 aliphatic heterocycles. The van der Waals surface area contributed by atoms with Gasteiger partial charge in [-0.1, -0.05) is 12.1 Å². The summed E-state index contributed by atoms with van der Waals surface area (Å²) in [6.07, 6.45) is 8.99. The highest BCUT2D eigenvalue weighted by atomic mass is 32.1. The van der Waals surface area contributed by atoms with Crippen molar-refractivity contribution in [3.63, 3.8) is 0 Å². The topological polar surface area (TPSA) is 95.5 Å². The lowest BCUT2D eigenvalue weighted by Crippen LogP contribution is -2.44. The number of nitrogens with zero attached hydrogens (tertiary/aromatic N) is 4. The number of aromatic nitrogens is 2. The van der Waals surface area contributed by atoms with E-state index < -0.39 is 5.82 Å². The highest BCUT2D eigenvalue weighted by Crippen LogP contribution is 2.39. The van der Waals surface area contributed by atoms with Gasteiger partial charge in [0.05, 0.1) is 67.0 Å². The van der Waals surface area contributed by atoms with E-state index in [0.29, 0.717) is 75.9 Å². The fraction of sp³-hybridized carbons (Fsp3) is 0.525. The number of hydrogen-bond donors (Lipinski definition) is 0. The highest BCUT2D eigenvalue weighted by molar-refractivity contribution is 7.22. The number of methoxy groups -OCH3 is 1. The maximum absolute atomic E-state index is 15.0. The number of fused-ring (bicyclic) bond motifs is 1. The molecule has 0 spiro atoms. The zero-order valence-corrected chi connectivity index (χ0v) is 31.2. The van der Waals surface area contributed by atoms with E-state index in [0.717, 1.165) is 72.7 Å². The number of benzene rings is 1. The average Bonchev–Trinajstić information content (AvgIpc) is 3.85. The van der Waals surface area contributed by atoms with Gasteiger partial charge in [0, 0.05) is 57.5 Å². The van der Waals surface area contributed by atoms with Crippen LogP contribution in [0, 0.1) is 11.7 Å². The van der Waals surface area contributed by atoms with Crippen LogP contribution in [0.2, 0.25) is 0 Å². The first kappa shape index (κ1) is 38.4. The molecule has 3 aromatic heterocycles. The summed E-state index contributed by atoms with van der Waals surface area (Å²) in [6, 6.07) is 13.3. The summed E-state index contributed by atoms with van der Waals surface area (Å²) in [7, 11) is 3.85. The summed E-state index contributed by atoms with van der Waals surface area (Å²) in [6.45, 7) is 8.07. The summed E-state index contributed by atoms with van der Waals surface area (Å²) in [5.74, 6) is 0.874. The molecule has 0 bridgehead atoms. The van der Waals surface area contributed by atoms with Crippen molar-refractivity contribution in [3.8, 4) is 22.1 Å². The number of pyridine rings is 2. The zero-order chi connectivity index (χ0) is 36.1. The van der Waals surface area contributed by atoms with Crippen LogP contribution in [-0.4, -0.2) is 112 Å². The third kappa shape index (κ3) is 11.6. The molecule has 1 saturated heterocycles. The van der Waals surface area contributed by atoms with Gasteiger partial charge in [0.1, 0.15) is 11.5 Å². The van der Waals surface area contributed by atoms with Crippen LogP contribution in [0.5, 0.6) is 11.5 Å². The van der Waals surface area contributed by atoms with Gasteiger partial charge in [0.2, 0.25) is 0 Å². The monoisotopic (exact) mass is 734 g/mol. The second-order valence-electron chi connectivity index (χ2n) is 13.7. The smallest absolute Gasteiger partial charge is 0.166 e. The molecular weight excluding hydrogens is 684 g/mol. The first-order valence-electron chi connectivity index (χ1n) is 18.4. The van der Waals surface area contributed by atoms with Crippen LogP contribution in [0.15, 0.2) is 54.9 Å². The van der Waals surface area contributed by atoms with Crippen molar-refractivity contribution in [1.29, 1.82) is 0 Å². The fourth-order valence-electron chi connectivity index (χ4n) is 6.44. The van der Waals surface area contributed by atoms with E-state index in [1.165, 1.54) is 23.0 Å². The van der Waals surface area contributed by atoms with Gasteiger partial charge in [0.15, 0.2) is 11.6 Å². The number of carbonyl (C=O) groups excluding carboxylic acids is 1. The molecule has 6 rings (SSSR count). The molecule has 4 heterocycles. The predicted octanol–water partition coefficient (Wildman–Crippen LogP) is 6.79. The van der Waals surface area contributed by atoms with E-state index in [1.54, 1.807) is 31.5 Å². The largest absolute Gasteiger partial charge is 0.453 e. The van der Waals surface area contributed by atoms with E-state index in [2.05, 4.69) is 34.0 Å². The van der Waals surface area contributed by atoms with E-state index in [4.69, 9.17) is 28.7 Å². The number of Topliss-reactive ketones (excluding diaryl/α,β-unsaturated/α-hetero) is 1. The molecule has 2 fully saturated rings. The first-order valence-corrected chi connectivity index (χ1v) is 19.2. The van der Waals surface area contributed by atoms with Crippen LogP contribution >= 0.6 is 11.3 Å². The predicted molar refractivity (Wildman–Crippen MR) is 201 cm³/mol. The molecule has 0 unspecified atom stereocenters. The van der Waals surface area contributed by atoms with Gasteiger partial charge in [-0.3, -0.25) is 19.7 Å². The van der Waals surface area contributed by atoms with Gasteiger partial charge in [-0.2, -0.15) is 0 Å². The first-order chi connectivity index (χ1) is 25.4. The van der Waals surface area contributed by atoms with Crippen LogP contribution in [0.1, 0.15) is 43.2 Å². The Morgan fingerprint density at radius 1 is 0.885 bits per heavy atom. The number of piperidine rings is 1. The Morgan fingerprint density at radius 3 is 2.31 bits per heavy atom. The van der Waals surface area contributed by atoms with Crippen LogP contribution < -0.4 is 4.74 Å². The SMILES string of the molecule is COCCOCCOCCOCCN(C)C1CCN(Cc2ccc(-c3cc4nccc(Oc5ccc(CC(=O)CC6CC6)cc5F)c4s3)nc2)CC1. The van der Waals surface area contributed by atoms with Crippen molar-refractivity contribution in [3.05, 3.63) is 71.8 Å². The van der Waals surface area contributed by atoms with E-state index in [9.17, 15) is 4.79 Å². The Morgan fingerprint density at radius 2 is 1.62 bits per heavy atom. The quantitative estimate of drug-likeness (QED) is 0.0804. The number of ketones is 1. The molecule has 1 aliphatic carbocycles. The molecule has 12 heteroatoms. The summed E-state index contributed by atoms with van der Waals surface area (Å²) < 4.78 is 43.6. The minimum atomic E-state index is -0.480. The van der Waals surface area contributed by atoms with Crippen LogP contribution in [-0.2, 0) is 36.7 Å². The second kappa shape index (κ2) is 19.6. The van der Waals surface area contributed by atoms with E-state index in [-0.39, 0.29) is 18.0 Å². The number of likely N-dealkylation sites (tertiary alicyclic amines) is 1. The molecule has 10 nitrogen and oxygen atoms in total. The summed E-state index contributed by atoms with van der Waals surface area (Å²) in [5.41, 5.74) is 3.50. The lowest BCUT2D eigenvalue weighted by molar-refractivity contribution is -0.118. The standard InChI is InChI=1S/C40H51FN4O6S/c1-44(15-16-48-19-20-50-22-21-49-18-17-47-2)32-10-13-45(14-11-32)28-31-5-7-35(43-27-31)39-26-36-40(52-39)38(9-12-42-36)51-37-8-6-30(25-34(37)41)24-33(46)23-29-3-4-29/h5-9,12,25-27,29,32H,3-4,10-11,13-24,28H2,1-2H3. The maximum atomic E-state index is 15.0. The van der Waals surface area contributed by atoms with Gasteiger partial charge >= 0.3 is 0 Å². The molecule has 0 atom stereocenters. The summed E-state index contributed by atoms with van der Waals surface area (Å²) in [4.78, 5) is 27.5. The number of likely N-dealkylation sites (N-methyl/N-ethyl adjacent to an activating group) is 1. The Kier molecular flexibility index (Phi) is 14.5. The Hall–Kier alpha value is -3.36. The molecule has 0 N–H and O–H groups in total. The molecule has 1 aromatic carbocycles. The molecule has 2 aliphatic rings. The lowest BCUT2D eigenvalue weighted by Gasteiger charge is -2.36. The summed E-state index contributed by atoms with van der Waals surface area (Å²) in [5, 5.41) is 0. The zero-order valence-electron chi connectivity index (χ0n) is 30.4. The molecule has 1 saturated carbocycles. The average molecular weight is 735 g/mol. The fourth-order valence-corrected chi connectivity index (χ4v) is 7.48. The number of hydrogen-bond acceptors (Lipinski definition) is 11. The number of rotatable bonds is 22. The van der Waals surface area contributed by atoms with Crippen molar-refractivity contribution in [2.24, 2.45) is 5.92 Å². The molecule has 52 heavy (non-hydrogen) atoms. The second-order valence-corrected chi connectivity index (χ2v) is 14.8. The van der Waals surface area contributed by atoms with Crippen molar-refractivity contribution in [2.75, 3.05) is 80.0 Å². The molecule has 4 aromatic rings. The third-order valence-electron chi connectivity index (χ3n) is 9.63. The third-order valence-corrected chi connectivity index (χ3v) is 10.8. The number of carbonyl (C=O) groups is 1. The van der Waals surface area contributed by atoms with Crippen LogP contribution in [0.25, 0.3) is 20.8 Å². The minimum absolute atomic E-state index is 0.127. The van der Waals surface area contributed by atoms with Crippen molar-refractivity contribution in [1.82, 2.24) is 19.8 Å². The van der Waals surface area contributed by atoms with Gasteiger partial charge in [-0.15, -0.1) is 11.3 Å². The Balaban J connectivity index is 0.926. The molecule has 0 amide bonds. The number of thiophene rings is 1. The number of halogens is 1. The maximum Gasteiger partial charge on any atom is 0.166 e. The highest BCUT2D eigenvalue weighted by Gasteiger charge is 2.25. The van der Waals surface area contributed by atoms with Crippen LogP contribution in [0.3, 0.4) is 0 Å². The van der Waals surface area contributed by atoms with Crippen molar-refractivity contribution in [2.45, 2.75) is 51.1 Å². The Bertz CT molecular complexity index is 1710. The Labute approximate surface area is 310 Å².